The SMILES string of the molecule is Nc1nc(N)c2ccc(=O)[nH]c2n1. The van der Waals surface area contributed by atoms with E-state index in [1.807, 2.05) is 0 Å². The summed E-state index contributed by atoms with van der Waals surface area (Å²) in [6.45, 7) is 0. The summed E-state index contributed by atoms with van der Waals surface area (Å²) in [5.41, 5.74) is 11.0. The third-order valence-corrected chi connectivity index (χ3v) is 1.64. The summed E-state index contributed by atoms with van der Waals surface area (Å²) in [7, 11) is 0. The van der Waals surface area contributed by atoms with E-state index in [1.165, 1.54) is 6.07 Å². The van der Waals surface area contributed by atoms with E-state index in [2.05, 4.69) is 15.0 Å². The van der Waals surface area contributed by atoms with Gasteiger partial charge in [0, 0.05) is 6.07 Å². The van der Waals surface area contributed by atoms with Crippen LogP contribution >= 0.6 is 0 Å². The monoisotopic (exact) mass is 177 g/mol. The van der Waals surface area contributed by atoms with Gasteiger partial charge in [0.15, 0.2) is 0 Å². The lowest BCUT2D eigenvalue weighted by Gasteiger charge is -2.00. The number of fused-ring (bicyclic) bond motifs is 1. The quantitative estimate of drug-likeness (QED) is 0.501. The third-order valence-electron chi connectivity index (χ3n) is 1.64. The minimum absolute atomic E-state index is 0.0480. The molecule has 0 spiro atoms. The standard InChI is InChI=1S/C7H7N5O/c8-5-3-1-2-4(13)10-6(3)12-7(9)11-5/h1-2H,(H5,8,9,10,11,12,13). The Morgan fingerprint density at radius 3 is 2.77 bits per heavy atom. The van der Waals surface area contributed by atoms with Crippen molar-refractivity contribution in [2.75, 3.05) is 11.5 Å². The first-order valence-electron chi connectivity index (χ1n) is 3.59. The second-order valence-electron chi connectivity index (χ2n) is 2.55. The van der Waals surface area contributed by atoms with Crippen LogP contribution in [0.25, 0.3) is 11.0 Å². The minimum atomic E-state index is -0.245. The second kappa shape index (κ2) is 2.44. The van der Waals surface area contributed by atoms with Crippen LogP contribution in [0.5, 0.6) is 0 Å². The zero-order valence-electron chi connectivity index (χ0n) is 6.61. The maximum absolute atomic E-state index is 10.9. The van der Waals surface area contributed by atoms with E-state index < -0.39 is 0 Å². The van der Waals surface area contributed by atoms with E-state index in [-0.39, 0.29) is 17.3 Å². The number of hydrogen-bond acceptors (Lipinski definition) is 5. The molecule has 0 amide bonds. The normalized spacial score (nSPS) is 10.5. The van der Waals surface area contributed by atoms with Gasteiger partial charge in [-0.2, -0.15) is 9.97 Å². The van der Waals surface area contributed by atoms with Gasteiger partial charge in [-0.15, -0.1) is 0 Å². The molecule has 66 valence electrons. The van der Waals surface area contributed by atoms with E-state index in [1.54, 1.807) is 6.07 Å². The minimum Gasteiger partial charge on any atom is -0.383 e. The number of nitrogen functional groups attached to an aromatic ring is 2. The van der Waals surface area contributed by atoms with Crippen LogP contribution < -0.4 is 17.0 Å². The molecular formula is C7H7N5O. The van der Waals surface area contributed by atoms with Crippen molar-refractivity contribution in [3.8, 4) is 0 Å². The number of nitrogens with one attached hydrogen (secondary N) is 1. The van der Waals surface area contributed by atoms with E-state index in [9.17, 15) is 4.79 Å². The Balaban J connectivity index is 2.94. The topological polar surface area (TPSA) is 111 Å². The molecular weight excluding hydrogens is 170 g/mol. The molecule has 6 nitrogen and oxygen atoms in total. The van der Waals surface area contributed by atoms with Gasteiger partial charge in [-0.25, -0.2) is 0 Å². The van der Waals surface area contributed by atoms with Crippen molar-refractivity contribution in [2.24, 2.45) is 0 Å². The van der Waals surface area contributed by atoms with E-state index >= 15 is 0 Å². The number of aromatic amines is 1. The molecule has 13 heavy (non-hydrogen) atoms. The number of pyridine rings is 1. The van der Waals surface area contributed by atoms with E-state index in [0.29, 0.717) is 11.0 Å². The van der Waals surface area contributed by atoms with Gasteiger partial charge in [0.05, 0.1) is 5.39 Å². The van der Waals surface area contributed by atoms with Crippen LogP contribution in [-0.2, 0) is 0 Å². The molecule has 0 atom stereocenters. The van der Waals surface area contributed by atoms with Crippen molar-refractivity contribution in [1.29, 1.82) is 0 Å². The van der Waals surface area contributed by atoms with Crippen LogP contribution in [0.4, 0.5) is 11.8 Å². The van der Waals surface area contributed by atoms with Crippen molar-refractivity contribution in [1.82, 2.24) is 15.0 Å². The summed E-state index contributed by atoms with van der Waals surface area (Å²) < 4.78 is 0. The summed E-state index contributed by atoms with van der Waals surface area (Å²) in [6, 6.07) is 2.92. The van der Waals surface area contributed by atoms with E-state index in [4.69, 9.17) is 11.5 Å². The highest BCUT2D eigenvalue weighted by atomic mass is 16.1. The number of anilines is 2. The zero-order valence-corrected chi connectivity index (χ0v) is 6.61. The number of rotatable bonds is 0. The van der Waals surface area contributed by atoms with Gasteiger partial charge in [-0.05, 0) is 6.07 Å². The number of nitrogens with zero attached hydrogens (tertiary/aromatic N) is 2. The average molecular weight is 177 g/mol. The molecule has 5 N–H and O–H groups in total. The number of nitrogens with two attached hydrogens (primary N) is 2. The Hall–Kier alpha value is -2.11. The van der Waals surface area contributed by atoms with Crippen molar-refractivity contribution in [2.45, 2.75) is 0 Å². The van der Waals surface area contributed by atoms with Gasteiger partial charge < -0.3 is 16.5 Å². The zero-order chi connectivity index (χ0) is 9.42. The van der Waals surface area contributed by atoms with Crippen molar-refractivity contribution in [3.05, 3.63) is 22.5 Å². The summed E-state index contributed by atoms with van der Waals surface area (Å²) >= 11 is 0. The Bertz CT molecular complexity index is 518. The maximum atomic E-state index is 10.9. The largest absolute Gasteiger partial charge is 0.383 e. The molecule has 0 bridgehead atoms. The first kappa shape index (κ1) is 7.53. The average Bonchev–Trinajstić information content (AvgIpc) is 2.02. The third kappa shape index (κ3) is 1.18. The fourth-order valence-corrected chi connectivity index (χ4v) is 1.08. The molecule has 0 aliphatic heterocycles. The first-order valence-corrected chi connectivity index (χ1v) is 3.59. The fourth-order valence-electron chi connectivity index (χ4n) is 1.08. The summed E-state index contributed by atoms with van der Waals surface area (Å²) in [4.78, 5) is 21.0. The molecule has 0 fully saturated rings. The van der Waals surface area contributed by atoms with Crippen LogP contribution in [0.2, 0.25) is 0 Å². The van der Waals surface area contributed by atoms with Crippen LogP contribution in [0.15, 0.2) is 16.9 Å². The van der Waals surface area contributed by atoms with Crippen LogP contribution in [0.3, 0.4) is 0 Å². The van der Waals surface area contributed by atoms with Crippen molar-refractivity contribution < 1.29 is 0 Å². The second-order valence-corrected chi connectivity index (χ2v) is 2.55. The number of H-pyrrole nitrogens is 1. The molecule has 6 heteroatoms. The molecule has 0 aliphatic carbocycles. The molecule has 2 aromatic heterocycles. The summed E-state index contributed by atoms with van der Waals surface area (Å²) in [5, 5.41) is 0.591. The number of hydrogen-bond donors (Lipinski definition) is 3. The van der Waals surface area contributed by atoms with Crippen molar-refractivity contribution >= 4 is 22.8 Å². The Labute approximate surface area is 72.6 Å². The van der Waals surface area contributed by atoms with Gasteiger partial charge in [0.1, 0.15) is 11.5 Å². The Kier molecular flexibility index (Phi) is 1.42. The van der Waals surface area contributed by atoms with Crippen LogP contribution in [0.1, 0.15) is 0 Å². The van der Waals surface area contributed by atoms with Gasteiger partial charge in [-0.3, -0.25) is 4.79 Å². The first-order chi connectivity index (χ1) is 6.16. The lowest BCUT2D eigenvalue weighted by molar-refractivity contribution is 1.18. The maximum Gasteiger partial charge on any atom is 0.249 e. The molecule has 0 aliphatic rings. The smallest absolute Gasteiger partial charge is 0.249 e. The lowest BCUT2D eigenvalue weighted by atomic mass is 10.3. The Morgan fingerprint density at radius 1 is 1.23 bits per heavy atom. The molecule has 0 saturated carbocycles. The molecule has 2 heterocycles. The molecule has 0 unspecified atom stereocenters. The molecule has 0 aromatic carbocycles. The number of aromatic nitrogens is 3. The fraction of sp³-hybridized carbons (Fsp3) is 0. The van der Waals surface area contributed by atoms with Gasteiger partial charge >= 0.3 is 0 Å². The predicted molar refractivity (Wildman–Crippen MR) is 49.0 cm³/mol. The van der Waals surface area contributed by atoms with Gasteiger partial charge in [0.25, 0.3) is 0 Å². The van der Waals surface area contributed by atoms with Gasteiger partial charge in [-0.1, -0.05) is 0 Å². The van der Waals surface area contributed by atoms with Crippen LogP contribution in [-0.4, -0.2) is 15.0 Å². The van der Waals surface area contributed by atoms with E-state index in [0.717, 1.165) is 0 Å². The molecule has 2 rings (SSSR count). The van der Waals surface area contributed by atoms with Crippen molar-refractivity contribution in [3.63, 3.8) is 0 Å². The summed E-state index contributed by atoms with van der Waals surface area (Å²) in [6.07, 6.45) is 0. The highest BCUT2D eigenvalue weighted by molar-refractivity contribution is 5.85. The lowest BCUT2D eigenvalue weighted by Crippen LogP contribution is -2.07. The summed E-state index contributed by atoms with van der Waals surface area (Å²) in [5.74, 6) is 0.311. The van der Waals surface area contributed by atoms with Crippen LogP contribution in [0, 0.1) is 0 Å². The van der Waals surface area contributed by atoms with Gasteiger partial charge in [0.2, 0.25) is 11.5 Å². The molecule has 2 aromatic rings. The highest BCUT2D eigenvalue weighted by Gasteiger charge is 2.02. The molecule has 0 radical (unpaired) electrons. The predicted octanol–water partition coefficient (Wildman–Crippen LogP) is -0.518. The Morgan fingerprint density at radius 2 is 2.00 bits per heavy atom. The molecule has 0 saturated heterocycles. The highest BCUT2D eigenvalue weighted by Crippen LogP contribution is 2.13.